The lowest BCUT2D eigenvalue weighted by Gasteiger charge is -2.43. The molecule has 3 aliphatic heterocycles. The van der Waals surface area contributed by atoms with Gasteiger partial charge in [0.25, 0.3) is 0 Å². The van der Waals surface area contributed by atoms with Crippen molar-refractivity contribution in [1.29, 1.82) is 0 Å². The number of benzene rings is 2. The molecular formula is C31H35N5O6S. The predicted molar refractivity (Wildman–Crippen MR) is 158 cm³/mol. The zero-order valence-corrected chi connectivity index (χ0v) is 24.5. The molecule has 2 atom stereocenters. The highest BCUT2D eigenvalue weighted by atomic mass is 32.2. The minimum absolute atomic E-state index is 0.000874. The van der Waals surface area contributed by atoms with Crippen molar-refractivity contribution in [3.63, 3.8) is 0 Å². The Hall–Kier alpha value is -4.00. The highest BCUT2D eigenvalue weighted by molar-refractivity contribution is 7.89. The molecule has 3 aromatic rings. The van der Waals surface area contributed by atoms with Crippen molar-refractivity contribution in [2.45, 2.75) is 54.8 Å². The van der Waals surface area contributed by atoms with Crippen molar-refractivity contribution in [3.8, 4) is 16.9 Å². The number of sulfonamides is 1. The van der Waals surface area contributed by atoms with Gasteiger partial charge in [-0.3, -0.25) is 9.78 Å². The molecule has 2 saturated heterocycles. The lowest BCUT2D eigenvalue weighted by molar-refractivity contribution is -0.127. The smallest absolute Gasteiger partial charge is 0.317 e. The summed E-state index contributed by atoms with van der Waals surface area (Å²) in [5.41, 5.74) is 1.85. The summed E-state index contributed by atoms with van der Waals surface area (Å²) in [4.78, 5) is 32.5. The van der Waals surface area contributed by atoms with Gasteiger partial charge in [-0.1, -0.05) is 42.5 Å². The number of ether oxygens (including phenoxy) is 1. The third kappa shape index (κ3) is 6.08. The molecule has 12 heteroatoms. The molecule has 4 heterocycles. The van der Waals surface area contributed by atoms with Gasteiger partial charge in [0.05, 0.1) is 12.7 Å². The van der Waals surface area contributed by atoms with Gasteiger partial charge in [-0.15, -0.1) is 0 Å². The van der Waals surface area contributed by atoms with E-state index in [9.17, 15) is 23.1 Å². The van der Waals surface area contributed by atoms with E-state index in [1.807, 2.05) is 36.4 Å². The second-order valence-corrected chi connectivity index (χ2v) is 13.2. The molecule has 0 aliphatic carbocycles. The summed E-state index contributed by atoms with van der Waals surface area (Å²) in [6, 6.07) is 17.0. The third-order valence-electron chi connectivity index (χ3n) is 8.58. The van der Waals surface area contributed by atoms with E-state index in [0.717, 1.165) is 21.0 Å². The maximum atomic E-state index is 13.9. The lowest BCUT2D eigenvalue weighted by atomic mass is 9.84. The zero-order valence-electron chi connectivity index (χ0n) is 23.7. The van der Waals surface area contributed by atoms with E-state index < -0.39 is 33.6 Å². The maximum absolute atomic E-state index is 13.9. The quantitative estimate of drug-likeness (QED) is 0.417. The van der Waals surface area contributed by atoms with Gasteiger partial charge in [-0.25, -0.2) is 13.2 Å². The molecule has 2 fully saturated rings. The number of rotatable bonds is 3. The normalized spacial score (nSPS) is 23.3. The van der Waals surface area contributed by atoms with Crippen molar-refractivity contribution in [3.05, 3.63) is 78.6 Å². The number of likely N-dealkylation sites (tertiary alicyclic amines) is 1. The highest BCUT2D eigenvalue weighted by Gasteiger charge is 2.47. The van der Waals surface area contributed by atoms with E-state index in [2.05, 4.69) is 15.6 Å². The summed E-state index contributed by atoms with van der Waals surface area (Å²) in [5, 5.41) is 16.6. The standard InChI is InChI=1S/C31H35N5O6S/c37-25-18-26-29(38)34-31(10-14-35(15-11-31)30(39)33-19-22-5-2-1-3-6-22)12-16-42-27-17-23(24-7-4-13-32-20-24)8-9-28(27)43(40,41)36(26)21-25/h1-9,13,17,20,25-26,37H,10-12,14-16,18-19,21H2,(H,33,39)(H,34,38)/t25-,26+/m1/s1. The summed E-state index contributed by atoms with van der Waals surface area (Å²) in [6.07, 6.45) is 3.75. The topological polar surface area (TPSA) is 141 Å². The number of carbonyl (C=O) groups is 2. The van der Waals surface area contributed by atoms with Crippen LogP contribution in [-0.2, 0) is 21.4 Å². The van der Waals surface area contributed by atoms with Crippen LogP contribution in [0.4, 0.5) is 4.79 Å². The van der Waals surface area contributed by atoms with Gasteiger partial charge in [0.2, 0.25) is 15.9 Å². The Morgan fingerprint density at radius 2 is 1.86 bits per heavy atom. The van der Waals surface area contributed by atoms with Crippen LogP contribution in [0.25, 0.3) is 11.1 Å². The van der Waals surface area contributed by atoms with Crippen molar-refractivity contribution >= 4 is 22.0 Å². The van der Waals surface area contributed by atoms with Crippen LogP contribution >= 0.6 is 0 Å². The average molecular weight is 606 g/mol. The first-order valence-corrected chi connectivity index (χ1v) is 15.9. The predicted octanol–water partition coefficient (Wildman–Crippen LogP) is 2.52. The second-order valence-electron chi connectivity index (χ2n) is 11.4. The van der Waals surface area contributed by atoms with Crippen LogP contribution in [0.1, 0.15) is 31.2 Å². The number of aromatic nitrogens is 1. The largest absolute Gasteiger partial charge is 0.492 e. The van der Waals surface area contributed by atoms with Gasteiger partial charge in [0.15, 0.2) is 0 Å². The van der Waals surface area contributed by atoms with Crippen LogP contribution in [0.15, 0.2) is 78.0 Å². The summed E-state index contributed by atoms with van der Waals surface area (Å²) in [6.45, 7) is 1.22. The number of hydrogen-bond donors (Lipinski definition) is 3. The molecule has 1 spiro atoms. The molecule has 43 heavy (non-hydrogen) atoms. The van der Waals surface area contributed by atoms with Gasteiger partial charge in [-0.2, -0.15) is 4.31 Å². The Morgan fingerprint density at radius 3 is 2.60 bits per heavy atom. The highest BCUT2D eigenvalue weighted by Crippen LogP contribution is 2.37. The molecule has 3 aliphatic rings. The van der Waals surface area contributed by atoms with Crippen molar-refractivity contribution < 1.29 is 27.9 Å². The number of urea groups is 1. The summed E-state index contributed by atoms with van der Waals surface area (Å²) in [5.74, 6) is -0.263. The van der Waals surface area contributed by atoms with Gasteiger partial charge < -0.3 is 25.4 Å². The number of amides is 3. The molecule has 3 amide bonds. The van der Waals surface area contributed by atoms with Crippen LogP contribution in [0.2, 0.25) is 0 Å². The fourth-order valence-corrected chi connectivity index (χ4v) is 7.87. The lowest BCUT2D eigenvalue weighted by Crippen LogP contribution is -2.60. The van der Waals surface area contributed by atoms with E-state index in [0.29, 0.717) is 38.9 Å². The molecule has 3 N–H and O–H groups in total. The Labute approximate surface area is 250 Å². The van der Waals surface area contributed by atoms with Gasteiger partial charge in [0, 0.05) is 62.5 Å². The first kappa shape index (κ1) is 29.1. The van der Waals surface area contributed by atoms with Crippen molar-refractivity contribution in [2.75, 3.05) is 26.2 Å². The molecule has 0 unspecified atom stereocenters. The van der Waals surface area contributed by atoms with Gasteiger partial charge in [-0.05, 0) is 42.2 Å². The SMILES string of the molecule is O=C1NC2(CCOc3cc(-c4cccnc4)ccc3S(=O)(=O)N3C[C@H](O)C[C@@H]13)CCN(C(=O)NCc1ccccc1)CC2. The number of nitrogens with one attached hydrogen (secondary N) is 2. The van der Waals surface area contributed by atoms with E-state index in [1.54, 1.807) is 35.5 Å². The average Bonchev–Trinajstić information content (AvgIpc) is 3.43. The number of pyridine rings is 1. The zero-order chi connectivity index (χ0) is 30.0. The number of piperidine rings is 1. The monoisotopic (exact) mass is 605 g/mol. The first-order chi connectivity index (χ1) is 20.7. The van der Waals surface area contributed by atoms with E-state index in [-0.39, 0.29) is 36.2 Å². The second kappa shape index (κ2) is 11.9. The number of nitrogens with zero attached hydrogens (tertiary/aromatic N) is 3. The van der Waals surface area contributed by atoms with Crippen LogP contribution in [0.3, 0.4) is 0 Å². The Balaban J connectivity index is 1.25. The molecule has 6 rings (SSSR count). The molecule has 1 aromatic heterocycles. The molecular weight excluding hydrogens is 570 g/mol. The maximum Gasteiger partial charge on any atom is 0.317 e. The Morgan fingerprint density at radius 1 is 1.07 bits per heavy atom. The minimum atomic E-state index is -4.18. The molecule has 226 valence electrons. The van der Waals surface area contributed by atoms with E-state index >= 15 is 0 Å². The number of hydrogen-bond acceptors (Lipinski definition) is 7. The van der Waals surface area contributed by atoms with Crippen LogP contribution < -0.4 is 15.4 Å². The minimum Gasteiger partial charge on any atom is -0.492 e. The first-order valence-electron chi connectivity index (χ1n) is 14.5. The van der Waals surface area contributed by atoms with E-state index in [1.165, 1.54) is 6.07 Å². The fourth-order valence-electron chi connectivity index (χ4n) is 6.12. The third-order valence-corrected chi connectivity index (χ3v) is 10.5. The van der Waals surface area contributed by atoms with Gasteiger partial charge in [0.1, 0.15) is 16.7 Å². The Kier molecular flexibility index (Phi) is 8.08. The number of carbonyl (C=O) groups excluding carboxylic acids is 2. The summed E-state index contributed by atoms with van der Waals surface area (Å²) < 4.78 is 35.1. The molecule has 0 radical (unpaired) electrons. The van der Waals surface area contributed by atoms with Crippen LogP contribution in [0.5, 0.6) is 5.75 Å². The van der Waals surface area contributed by atoms with Crippen LogP contribution in [0, 0.1) is 0 Å². The number of fused-ring (bicyclic) bond motifs is 2. The van der Waals surface area contributed by atoms with E-state index in [4.69, 9.17) is 4.74 Å². The molecule has 0 saturated carbocycles. The number of aliphatic hydroxyl groups is 1. The van der Waals surface area contributed by atoms with Crippen LogP contribution in [-0.4, -0.2) is 83.6 Å². The molecule has 2 aromatic carbocycles. The molecule has 0 bridgehead atoms. The molecule has 11 nitrogen and oxygen atoms in total. The van der Waals surface area contributed by atoms with Crippen molar-refractivity contribution in [2.24, 2.45) is 0 Å². The summed E-state index contributed by atoms with van der Waals surface area (Å²) in [7, 11) is -4.18. The van der Waals surface area contributed by atoms with Crippen molar-refractivity contribution in [1.82, 2.24) is 24.8 Å². The fraction of sp³-hybridized carbons (Fsp3) is 0.387. The van der Waals surface area contributed by atoms with Gasteiger partial charge >= 0.3 is 6.03 Å². The number of aliphatic hydroxyl groups excluding tert-OH is 1. The Bertz CT molecular complexity index is 1580. The summed E-state index contributed by atoms with van der Waals surface area (Å²) >= 11 is 0.